The van der Waals surface area contributed by atoms with Crippen molar-refractivity contribution in [3.8, 4) is 5.75 Å². The highest BCUT2D eigenvalue weighted by molar-refractivity contribution is 5.28. The summed E-state index contributed by atoms with van der Waals surface area (Å²) in [4.78, 5) is 0. The summed E-state index contributed by atoms with van der Waals surface area (Å²) in [6.07, 6.45) is 2.50. The zero-order valence-corrected chi connectivity index (χ0v) is 10.2. The molecule has 0 saturated heterocycles. The summed E-state index contributed by atoms with van der Waals surface area (Å²) in [7, 11) is 5.13. The minimum Gasteiger partial charge on any atom is -0.493 e. The number of aromatic nitrogens is 2. The highest BCUT2D eigenvalue weighted by Crippen LogP contribution is 2.28. The van der Waals surface area contributed by atoms with Crippen molar-refractivity contribution in [1.29, 1.82) is 0 Å². The highest BCUT2D eigenvalue weighted by Gasteiger charge is 2.26. The van der Waals surface area contributed by atoms with Gasteiger partial charge in [-0.25, -0.2) is 5.43 Å². The Bertz CT molecular complexity index is 323. The molecule has 0 bridgehead atoms. The first-order valence-electron chi connectivity index (χ1n) is 5.24. The molecule has 1 aromatic heterocycles. The van der Waals surface area contributed by atoms with Gasteiger partial charge in [0.05, 0.1) is 25.5 Å². The van der Waals surface area contributed by atoms with Gasteiger partial charge in [0.15, 0.2) is 5.75 Å². The second-order valence-corrected chi connectivity index (χ2v) is 3.55. The molecule has 0 fully saturated rings. The predicted octanol–water partition coefficient (Wildman–Crippen LogP) is 0.358. The molecule has 6 nitrogen and oxygen atoms in total. The average molecular weight is 228 g/mol. The van der Waals surface area contributed by atoms with Gasteiger partial charge < -0.3 is 9.47 Å². The number of rotatable bonds is 6. The molecule has 1 aromatic rings. The lowest BCUT2D eigenvalue weighted by Crippen LogP contribution is -2.38. The van der Waals surface area contributed by atoms with Crippen molar-refractivity contribution >= 4 is 0 Å². The van der Waals surface area contributed by atoms with E-state index in [0.29, 0.717) is 5.75 Å². The first kappa shape index (κ1) is 13.0. The van der Waals surface area contributed by atoms with Gasteiger partial charge in [-0.15, -0.1) is 0 Å². The quantitative estimate of drug-likeness (QED) is 0.543. The van der Waals surface area contributed by atoms with Gasteiger partial charge >= 0.3 is 0 Å². The maximum Gasteiger partial charge on any atom is 0.161 e. The fourth-order valence-corrected chi connectivity index (χ4v) is 1.84. The smallest absolute Gasteiger partial charge is 0.161 e. The second-order valence-electron chi connectivity index (χ2n) is 3.55. The lowest BCUT2D eigenvalue weighted by molar-refractivity contribution is 0.0617. The van der Waals surface area contributed by atoms with Crippen molar-refractivity contribution in [1.82, 2.24) is 15.2 Å². The Kier molecular flexibility index (Phi) is 4.72. The molecule has 0 aliphatic rings. The molecule has 2 atom stereocenters. The summed E-state index contributed by atoms with van der Waals surface area (Å²) in [5.41, 5.74) is 3.64. The second kappa shape index (κ2) is 5.83. The lowest BCUT2D eigenvalue weighted by Gasteiger charge is -2.25. The van der Waals surface area contributed by atoms with Gasteiger partial charge in [0.25, 0.3) is 0 Å². The third-order valence-corrected chi connectivity index (χ3v) is 2.72. The van der Waals surface area contributed by atoms with E-state index in [1.165, 1.54) is 0 Å². The molecule has 1 heterocycles. The highest BCUT2D eigenvalue weighted by atomic mass is 16.5. The van der Waals surface area contributed by atoms with Crippen LogP contribution in [0.4, 0.5) is 0 Å². The Hall–Kier alpha value is -1.11. The minimum absolute atomic E-state index is 0.0192. The monoisotopic (exact) mass is 228 g/mol. The van der Waals surface area contributed by atoms with Crippen molar-refractivity contribution in [2.24, 2.45) is 12.9 Å². The van der Waals surface area contributed by atoms with Crippen LogP contribution in [0.15, 0.2) is 6.20 Å². The van der Waals surface area contributed by atoms with Crippen LogP contribution in [0, 0.1) is 0 Å². The molecular weight excluding hydrogens is 208 g/mol. The van der Waals surface area contributed by atoms with E-state index in [2.05, 4.69) is 10.5 Å². The third kappa shape index (κ3) is 2.34. The van der Waals surface area contributed by atoms with E-state index in [1.807, 2.05) is 14.0 Å². The van der Waals surface area contributed by atoms with Crippen LogP contribution in [0.2, 0.25) is 0 Å². The predicted molar refractivity (Wildman–Crippen MR) is 60.9 cm³/mol. The number of hydrazine groups is 1. The molecule has 0 saturated carbocycles. The Balaban J connectivity index is 3.06. The molecule has 1 rings (SSSR count). The molecule has 16 heavy (non-hydrogen) atoms. The van der Waals surface area contributed by atoms with Gasteiger partial charge in [0, 0.05) is 14.2 Å². The number of ether oxygens (including phenoxy) is 2. The zero-order chi connectivity index (χ0) is 12.1. The van der Waals surface area contributed by atoms with Crippen molar-refractivity contribution in [3.05, 3.63) is 11.9 Å². The van der Waals surface area contributed by atoms with E-state index in [4.69, 9.17) is 15.3 Å². The Labute approximate surface area is 95.7 Å². The van der Waals surface area contributed by atoms with Crippen LogP contribution < -0.4 is 16.0 Å². The molecule has 92 valence electrons. The molecule has 0 spiro atoms. The molecule has 0 aliphatic carbocycles. The van der Waals surface area contributed by atoms with Crippen LogP contribution in [0.3, 0.4) is 0 Å². The first-order valence-corrected chi connectivity index (χ1v) is 5.24. The van der Waals surface area contributed by atoms with Gasteiger partial charge in [-0.1, -0.05) is 6.92 Å². The maximum absolute atomic E-state index is 5.58. The number of nitrogens with zero attached hydrogens (tertiary/aromatic N) is 2. The molecule has 0 aliphatic heterocycles. The fraction of sp³-hybridized carbons (Fsp3) is 0.700. The third-order valence-electron chi connectivity index (χ3n) is 2.72. The largest absolute Gasteiger partial charge is 0.493 e. The molecule has 0 amide bonds. The summed E-state index contributed by atoms with van der Waals surface area (Å²) in [6.45, 7) is 2.04. The van der Waals surface area contributed by atoms with Crippen LogP contribution in [-0.2, 0) is 11.8 Å². The van der Waals surface area contributed by atoms with Gasteiger partial charge in [-0.05, 0) is 6.42 Å². The summed E-state index contributed by atoms with van der Waals surface area (Å²) in [5, 5.41) is 4.15. The number of nitrogens with one attached hydrogen (secondary N) is 1. The summed E-state index contributed by atoms with van der Waals surface area (Å²) < 4.78 is 12.4. The number of aryl methyl sites for hydroxylation is 1. The van der Waals surface area contributed by atoms with Crippen molar-refractivity contribution in [2.45, 2.75) is 25.5 Å². The molecular formula is C10H20N4O2. The SMILES string of the molecule is CCC(OC)C(NN)c1c(OC)cnn1C. The van der Waals surface area contributed by atoms with Crippen LogP contribution in [0.25, 0.3) is 0 Å². The lowest BCUT2D eigenvalue weighted by atomic mass is 10.1. The fourth-order valence-electron chi connectivity index (χ4n) is 1.84. The van der Waals surface area contributed by atoms with E-state index in [0.717, 1.165) is 12.1 Å². The van der Waals surface area contributed by atoms with E-state index in [1.54, 1.807) is 25.1 Å². The molecule has 3 N–H and O–H groups in total. The molecule has 2 unspecified atom stereocenters. The molecule has 6 heteroatoms. The number of nitrogens with two attached hydrogens (primary N) is 1. The Morgan fingerprint density at radius 3 is 2.69 bits per heavy atom. The normalized spacial score (nSPS) is 14.8. The Morgan fingerprint density at radius 1 is 1.56 bits per heavy atom. The summed E-state index contributed by atoms with van der Waals surface area (Å²) in [5.74, 6) is 6.29. The van der Waals surface area contributed by atoms with E-state index in [9.17, 15) is 0 Å². The average Bonchev–Trinajstić information content (AvgIpc) is 2.67. The van der Waals surface area contributed by atoms with Gasteiger partial charge in [-0.3, -0.25) is 10.5 Å². The Morgan fingerprint density at radius 2 is 2.25 bits per heavy atom. The number of hydrogen-bond donors (Lipinski definition) is 2. The summed E-state index contributed by atoms with van der Waals surface area (Å²) >= 11 is 0. The van der Waals surface area contributed by atoms with E-state index >= 15 is 0 Å². The summed E-state index contributed by atoms with van der Waals surface area (Å²) in [6, 6.07) is -0.141. The van der Waals surface area contributed by atoms with E-state index in [-0.39, 0.29) is 12.1 Å². The molecule has 0 aromatic carbocycles. The van der Waals surface area contributed by atoms with Crippen LogP contribution >= 0.6 is 0 Å². The van der Waals surface area contributed by atoms with Crippen molar-refractivity contribution < 1.29 is 9.47 Å². The molecule has 0 radical (unpaired) electrons. The zero-order valence-electron chi connectivity index (χ0n) is 10.2. The van der Waals surface area contributed by atoms with Gasteiger partial charge in [0.1, 0.15) is 5.69 Å². The van der Waals surface area contributed by atoms with Crippen LogP contribution in [0.1, 0.15) is 25.1 Å². The minimum atomic E-state index is -0.141. The number of methoxy groups -OCH3 is 2. The van der Waals surface area contributed by atoms with Crippen molar-refractivity contribution in [3.63, 3.8) is 0 Å². The van der Waals surface area contributed by atoms with Gasteiger partial charge in [0.2, 0.25) is 0 Å². The standard InChI is InChI=1S/C10H20N4O2/c1-5-7(15-3)9(13-11)10-8(16-4)6-12-14(10)2/h6-7,9,13H,5,11H2,1-4H3. The van der Waals surface area contributed by atoms with Crippen LogP contribution in [-0.4, -0.2) is 30.1 Å². The topological polar surface area (TPSA) is 74.3 Å². The maximum atomic E-state index is 5.58. The van der Waals surface area contributed by atoms with Crippen LogP contribution in [0.5, 0.6) is 5.75 Å². The van der Waals surface area contributed by atoms with E-state index < -0.39 is 0 Å². The number of hydrogen-bond acceptors (Lipinski definition) is 5. The van der Waals surface area contributed by atoms with Gasteiger partial charge in [-0.2, -0.15) is 5.10 Å². The van der Waals surface area contributed by atoms with Crippen molar-refractivity contribution in [2.75, 3.05) is 14.2 Å². The first-order chi connectivity index (χ1) is 7.69.